The van der Waals surface area contributed by atoms with Crippen LogP contribution in [0.1, 0.15) is 11.1 Å². The van der Waals surface area contributed by atoms with E-state index in [1.165, 1.54) is 4.90 Å². The van der Waals surface area contributed by atoms with Crippen molar-refractivity contribution in [3.8, 4) is 0 Å². The zero-order chi connectivity index (χ0) is 16.6. The Morgan fingerprint density at radius 2 is 1.87 bits per heavy atom. The van der Waals surface area contributed by atoms with Crippen molar-refractivity contribution in [1.82, 2.24) is 0 Å². The molecule has 1 saturated heterocycles. The minimum atomic E-state index is -0.291. The molecule has 1 aliphatic heterocycles. The summed E-state index contributed by atoms with van der Waals surface area (Å²) in [7, 11) is 0. The molecule has 0 saturated carbocycles. The molecular weight excluding hydrogens is 442 g/mol. The summed E-state index contributed by atoms with van der Waals surface area (Å²) in [6, 6.07) is 13.0. The summed E-state index contributed by atoms with van der Waals surface area (Å²) in [6.45, 7) is 1.93. The Kier molecular flexibility index (Phi) is 4.75. The second-order valence-electron chi connectivity index (χ2n) is 5.02. The van der Waals surface area contributed by atoms with Gasteiger partial charge in [-0.15, -0.1) is 0 Å². The fourth-order valence-corrected chi connectivity index (χ4v) is 4.21. The van der Waals surface area contributed by atoms with Crippen LogP contribution in [-0.4, -0.2) is 11.1 Å². The number of carbonyl (C=O) groups excluding carboxylic acids is 2. The Morgan fingerprint density at radius 3 is 2.57 bits per heavy atom. The zero-order valence-corrected chi connectivity index (χ0v) is 16.0. The van der Waals surface area contributed by atoms with Gasteiger partial charge >= 0.3 is 0 Å². The maximum atomic E-state index is 12.6. The van der Waals surface area contributed by atoms with Gasteiger partial charge in [-0.2, -0.15) is 0 Å². The van der Waals surface area contributed by atoms with E-state index in [9.17, 15) is 9.59 Å². The van der Waals surface area contributed by atoms with Crippen LogP contribution < -0.4 is 4.90 Å². The summed E-state index contributed by atoms with van der Waals surface area (Å²) in [5, 5.41) is -0.278. The minimum absolute atomic E-state index is 0.278. The molecule has 3 rings (SSSR count). The Hall–Kier alpha value is -1.37. The molecule has 0 aromatic heterocycles. The topological polar surface area (TPSA) is 37.4 Å². The number of rotatable bonds is 2. The largest absolute Gasteiger partial charge is 0.298 e. The van der Waals surface area contributed by atoms with Crippen molar-refractivity contribution >= 4 is 66.5 Å². The zero-order valence-electron chi connectivity index (χ0n) is 12.0. The van der Waals surface area contributed by atoms with Crippen molar-refractivity contribution in [3.63, 3.8) is 0 Å². The van der Waals surface area contributed by atoms with Gasteiger partial charge in [0.25, 0.3) is 11.1 Å². The third kappa shape index (κ3) is 3.44. The second-order valence-corrected chi connectivity index (χ2v) is 7.79. The predicted octanol–water partition coefficient (Wildman–Crippen LogP) is 5.76. The van der Waals surface area contributed by atoms with Crippen molar-refractivity contribution in [1.29, 1.82) is 0 Å². The molecule has 116 valence electrons. The normalized spacial score (nSPS) is 16.5. The van der Waals surface area contributed by atoms with Gasteiger partial charge in [-0.3, -0.25) is 9.59 Å². The lowest BCUT2D eigenvalue weighted by Crippen LogP contribution is -2.27. The standard InChI is InChI=1S/C17H11Br2NO2S/c1-10-3-2-4-13(7-10)20-16(21)15(23-17(20)22)8-11-5-6-12(18)9-14(11)19/h2-9H,1H3/b15-8+. The van der Waals surface area contributed by atoms with Crippen LogP contribution >= 0.6 is 43.6 Å². The van der Waals surface area contributed by atoms with Gasteiger partial charge in [0.1, 0.15) is 0 Å². The number of carbonyl (C=O) groups is 2. The lowest BCUT2D eigenvalue weighted by atomic mass is 10.2. The number of hydrogen-bond donors (Lipinski definition) is 0. The van der Waals surface area contributed by atoms with Crippen LogP contribution in [0.3, 0.4) is 0 Å². The maximum absolute atomic E-state index is 12.6. The molecule has 1 heterocycles. The molecule has 0 radical (unpaired) electrons. The van der Waals surface area contributed by atoms with Crippen molar-refractivity contribution in [3.05, 3.63) is 67.4 Å². The van der Waals surface area contributed by atoms with Crippen LogP contribution in [0.2, 0.25) is 0 Å². The minimum Gasteiger partial charge on any atom is -0.268 e. The number of thioether (sulfide) groups is 1. The summed E-state index contributed by atoms with van der Waals surface area (Å²) in [4.78, 5) is 26.5. The Morgan fingerprint density at radius 1 is 1.09 bits per heavy atom. The fourth-order valence-electron chi connectivity index (χ4n) is 2.22. The van der Waals surface area contributed by atoms with E-state index in [0.29, 0.717) is 10.6 Å². The fraction of sp³-hybridized carbons (Fsp3) is 0.0588. The van der Waals surface area contributed by atoms with Gasteiger partial charge in [0.05, 0.1) is 10.6 Å². The van der Waals surface area contributed by atoms with Crippen LogP contribution in [0.15, 0.2) is 56.3 Å². The molecule has 1 aliphatic rings. The van der Waals surface area contributed by atoms with Crippen LogP contribution in [0, 0.1) is 6.92 Å². The van der Waals surface area contributed by atoms with Crippen LogP contribution in [-0.2, 0) is 4.79 Å². The van der Waals surface area contributed by atoms with Crippen LogP contribution in [0.4, 0.5) is 10.5 Å². The van der Waals surface area contributed by atoms with E-state index in [2.05, 4.69) is 31.9 Å². The first kappa shape index (κ1) is 16.5. The monoisotopic (exact) mass is 451 g/mol. The number of nitrogens with zero attached hydrogens (tertiary/aromatic N) is 1. The van der Waals surface area contributed by atoms with Crippen molar-refractivity contribution in [2.45, 2.75) is 6.92 Å². The van der Waals surface area contributed by atoms with Crippen LogP contribution in [0.5, 0.6) is 0 Å². The number of hydrogen-bond acceptors (Lipinski definition) is 3. The number of benzene rings is 2. The summed E-state index contributed by atoms with van der Waals surface area (Å²) in [5.74, 6) is -0.291. The number of halogens is 2. The lowest BCUT2D eigenvalue weighted by Gasteiger charge is -2.12. The number of imide groups is 1. The molecule has 23 heavy (non-hydrogen) atoms. The van der Waals surface area contributed by atoms with Gasteiger partial charge in [-0.25, -0.2) is 4.90 Å². The molecule has 0 atom stereocenters. The molecule has 0 bridgehead atoms. The molecule has 1 fully saturated rings. The van der Waals surface area contributed by atoms with Crippen LogP contribution in [0.25, 0.3) is 6.08 Å². The van der Waals surface area contributed by atoms with E-state index >= 15 is 0 Å². The Bertz CT molecular complexity index is 848. The van der Waals surface area contributed by atoms with Gasteiger partial charge < -0.3 is 0 Å². The molecule has 0 aliphatic carbocycles. The van der Waals surface area contributed by atoms with E-state index in [1.807, 2.05) is 43.3 Å². The van der Waals surface area contributed by atoms with Crippen molar-refractivity contribution < 1.29 is 9.59 Å². The Labute approximate surface area is 155 Å². The highest BCUT2D eigenvalue weighted by Gasteiger charge is 2.36. The molecule has 0 N–H and O–H groups in total. The predicted molar refractivity (Wildman–Crippen MR) is 101 cm³/mol. The smallest absolute Gasteiger partial charge is 0.268 e. The van der Waals surface area contributed by atoms with Crippen molar-refractivity contribution in [2.75, 3.05) is 4.90 Å². The van der Waals surface area contributed by atoms with E-state index in [-0.39, 0.29) is 11.1 Å². The highest BCUT2D eigenvalue weighted by atomic mass is 79.9. The number of amides is 2. The van der Waals surface area contributed by atoms with E-state index in [4.69, 9.17) is 0 Å². The number of anilines is 1. The summed E-state index contributed by atoms with van der Waals surface area (Å²) in [6.07, 6.45) is 1.73. The maximum Gasteiger partial charge on any atom is 0.298 e. The molecule has 0 unspecified atom stereocenters. The third-order valence-electron chi connectivity index (χ3n) is 3.30. The van der Waals surface area contributed by atoms with Gasteiger partial charge in [0.15, 0.2) is 0 Å². The average molecular weight is 453 g/mol. The first-order valence-corrected chi connectivity index (χ1v) is 9.15. The molecule has 2 amide bonds. The highest BCUT2D eigenvalue weighted by Crippen LogP contribution is 2.37. The van der Waals surface area contributed by atoms with Gasteiger partial charge in [-0.05, 0) is 60.2 Å². The lowest BCUT2D eigenvalue weighted by molar-refractivity contribution is -0.113. The molecule has 0 spiro atoms. The first-order valence-electron chi connectivity index (χ1n) is 6.75. The van der Waals surface area contributed by atoms with E-state index < -0.39 is 0 Å². The van der Waals surface area contributed by atoms with Gasteiger partial charge in [0.2, 0.25) is 0 Å². The molecule has 2 aromatic rings. The molecule has 6 heteroatoms. The van der Waals surface area contributed by atoms with Gasteiger partial charge in [-0.1, -0.05) is 50.1 Å². The summed E-state index contributed by atoms with van der Waals surface area (Å²) >= 11 is 7.81. The van der Waals surface area contributed by atoms with Gasteiger partial charge in [0, 0.05) is 8.95 Å². The second kappa shape index (κ2) is 6.63. The highest BCUT2D eigenvalue weighted by molar-refractivity contribution is 9.11. The summed E-state index contributed by atoms with van der Waals surface area (Å²) < 4.78 is 1.80. The molecule has 3 nitrogen and oxygen atoms in total. The van der Waals surface area contributed by atoms with E-state index in [0.717, 1.165) is 31.8 Å². The summed E-state index contributed by atoms with van der Waals surface area (Å²) in [5.41, 5.74) is 2.45. The third-order valence-corrected chi connectivity index (χ3v) is 5.35. The Balaban J connectivity index is 1.96. The SMILES string of the molecule is Cc1cccc(N2C(=O)S/C(=C/c3ccc(Br)cc3Br)C2=O)c1. The van der Waals surface area contributed by atoms with Crippen molar-refractivity contribution in [2.24, 2.45) is 0 Å². The molecule has 2 aromatic carbocycles. The first-order chi connectivity index (χ1) is 11.0. The molecular formula is C17H11Br2NO2S. The van der Waals surface area contributed by atoms with E-state index in [1.54, 1.807) is 12.1 Å². The quantitative estimate of drug-likeness (QED) is 0.543. The average Bonchev–Trinajstić information content (AvgIpc) is 2.76. The number of aryl methyl sites for hydroxylation is 1.